The molecule has 1 heteroatoms. The maximum absolute atomic E-state index is 10.5. The first-order valence-corrected chi connectivity index (χ1v) is 5.10. The van der Waals surface area contributed by atoms with Crippen LogP contribution in [0.5, 0.6) is 0 Å². The smallest absolute Gasteiger partial charge is 0.111 e. The predicted molar refractivity (Wildman–Crippen MR) is 58.1 cm³/mol. The summed E-state index contributed by atoms with van der Waals surface area (Å²) in [7, 11) is 0. The number of rotatable bonds is 1. The van der Waals surface area contributed by atoms with Gasteiger partial charge in [0.2, 0.25) is 0 Å². The third-order valence-corrected chi connectivity index (χ3v) is 3.14. The molecule has 1 aromatic carbocycles. The van der Waals surface area contributed by atoms with Gasteiger partial charge in [-0.05, 0) is 37.8 Å². The van der Waals surface area contributed by atoms with Gasteiger partial charge in [-0.2, -0.15) is 0 Å². The Morgan fingerprint density at radius 2 is 1.79 bits per heavy atom. The van der Waals surface area contributed by atoms with E-state index in [9.17, 15) is 5.11 Å². The minimum atomic E-state index is -0.701. The molecule has 0 saturated carbocycles. The molecule has 1 unspecified atom stereocenters. The van der Waals surface area contributed by atoms with E-state index < -0.39 is 5.60 Å². The molecule has 0 aromatic heterocycles. The van der Waals surface area contributed by atoms with Crippen molar-refractivity contribution in [1.29, 1.82) is 0 Å². The molecule has 1 aromatic rings. The van der Waals surface area contributed by atoms with Gasteiger partial charge >= 0.3 is 0 Å². The second kappa shape index (κ2) is 3.25. The van der Waals surface area contributed by atoms with E-state index in [2.05, 4.69) is 25.1 Å². The van der Waals surface area contributed by atoms with Crippen LogP contribution in [0.25, 0.3) is 0 Å². The van der Waals surface area contributed by atoms with E-state index in [-0.39, 0.29) is 0 Å². The first-order valence-electron chi connectivity index (χ1n) is 5.10. The van der Waals surface area contributed by atoms with Crippen LogP contribution in [0.4, 0.5) is 0 Å². The highest BCUT2D eigenvalue weighted by molar-refractivity contribution is 5.36. The number of allylic oxidation sites excluding steroid dienone is 1. The third kappa shape index (κ3) is 1.38. The summed E-state index contributed by atoms with van der Waals surface area (Å²) in [5.74, 6) is 0. The van der Waals surface area contributed by atoms with E-state index in [0.717, 1.165) is 24.0 Å². The Balaban J connectivity index is 2.39. The summed E-state index contributed by atoms with van der Waals surface area (Å²) >= 11 is 0. The summed E-state index contributed by atoms with van der Waals surface area (Å²) in [5, 5.41) is 10.5. The zero-order chi connectivity index (χ0) is 10.2. The van der Waals surface area contributed by atoms with Crippen molar-refractivity contribution in [3.05, 3.63) is 47.0 Å². The Morgan fingerprint density at radius 3 is 2.29 bits per heavy atom. The zero-order valence-corrected chi connectivity index (χ0v) is 8.75. The molecule has 14 heavy (non-hydrogen) atoms. The van der Waals surface area contributed by atoms with Gasteiger partial charge in [-0.15, -0.1) is 0 Å². The highest BCUT2D eigenvalue weighted by Crippen LogP contribution is 2.38. The lowest BCUT2D eigenvalue weighted by atomic mass is 9.88. The van der Waals surface area contributed by atoms with Crippen LogP contribution in [0.2, 0.25) is 0 Å². The molecule has 0 bridgehead atoms. The lowest BCUT2D eigenvalue weighted by Gasteiger charge is -2.25. The van der Waals surface area contributed by atoms with Crippen LogP contribution in [0.1, 0.15) is 30.9 Å². The van der Waals surface area contributed by atoms with Gasteiger partial charge in [-0.25, -0.2) is 0 Å². The van der Waals surface area contributed by atoms with Crippen molar-refractivity contribution < 1.29 is 5.11 Å². The van der Waals surface area contributed by atoms with E-state index >= 15 is 0 Å². The van der Waals surface area contributed by atoms with E-state index in [1.54, 1.807) is 0 Å². The molecule has 2 rings (SSSR count). The highest BCUT2D eigenvalue weighted by Gasteiger charge is 2.33. The van der Waals surface area contributed by atoms with Crippen LogP contribution >= 0.6 is 0 Å². The number of hydrogen-bond donors (Lipinski definition) is 1. The van der Waals surface area contributed by atoms with Gasteiger partial charge in [0.05, 0.1) is 0 Å². The maximum Gasteiger partial charge on any atom is 0.111 e. The lowest BCUT2D eigenvalue weighted by molar-refractivity contribution is 0.0774. The minimum absolute atomic E-state index is 0.701. The molecule has 0 radical (unpaired) electrons. The number of aryl methyl sites for hydroxylation is 1. The molecular formula is C13H16O. The number of aliphatic hydroxyl groups is 1. The normalized spacial score (nSPS) is 26.4. The average molecular weight is 188 g/mol. The van der Waals surface area contributed by atoms with Gasteiger partial charge in [0.1, 0.15) is 5.60 Å². The van der Waals surface area contributed by atoms with Gasteiger partial charge in [0.25, 0.3) is 0 Å². The van der Waals surface area contributed by atoms with Gasteiger partial charge in [0, 0.05) is 0 Å². The highest BCUT2D eigenvalue weighted by atomic mass is 16.3. The Morgan fingerprint density at radius 1 is 1.14 bits per heavy atom. The van der Waals surface area contributed by atoms with Crippen molar-refractivity contribution in [1.82, 2.24) is 0 Å². The van der Waals surface area contributed by atoms with Crippen LogP contribution in [-0.2, 0) is 5.60 Å². The minimum Gasteiger partial charge on any atom is -0.381 e. The lowest BCUT2D eigenvalue weighted by Crippen LogP contribution is -2.23. The third-order valence-electron chi connectivity index (χ3n) is 3.14. The molecule has 1 nitrogen and oxygen atoms in total. The summed E-state index contributed by atoms with van der Waals surface area (Å²) < 4.78 is 0. The van der Waals surface area contributed by atoms with Crippen molar-refractivity contribution in [3.63, 3.8) is 0 Å². The second-order valence-electron chi connectivity index (χ2n) is 4.15. The zero-order valence-electron chi connectivity index (χ0n) is 8.75. The van der Waals surface area contributed by atoms with Gasteiger partial charge < -0.3 is 5.11 Å². The standard InChI is InChI=1S/C13H16O/c1-10-5-7-12(8-6-10)13(14)9-3-4-11(13)2/h4-8,14H,3,9H2,1-2H3. The Kier molecular flexibility index (Phi) is 2.20. The topological polar surface area (TPSA) is 20.2 Å². The first-order chi connectivity index (χ1) is 6.63. The summed E-state index contributed by atoms with van der Waals surface area (Å²) in [6.45, 7) is 4.07. The first kappa shape index (κ1) is 9.47. The average Bonchev–Trinajstić information content (AvgIpc) is 2.49. The van der Waals surface area contributed by atoms with Crippen LogP contribution in [-0.4, -0.2) is 5.11 Å². The number of hydrogen-bond acceptors (Lipinski definition) is 1. The summed E-state index contributed by atoms with van der Waals surface area (Å²) in [4.78, 5) is 0. The van der Waals surface area contributed by atoms with E-state index in [4.69, 9.17) is 0 Å². The van der Waals surface area contributed by atoms with Crippen LogP contribution < -0.4 is 0 Å². The summed E-state index contributed by atoms with van der Waals surface area (Å²) in [6.07, 6.45) is 3.93. The Labute approximate surface area is 85.1 Å². The van der Waals surface area contributed by atoms with Crippen LogP contribution in [0, 0.1) is 6.92 Å². The molecule has 1 aliphatic carbocycles. The van der Waals surface area contributed by atoms with E-state index in [0.29, 0.717) is 0 Å². The van der Waals surface area contributed by atoms with E-state index in [1.165, 1.54) is 5.56 Å². The van der Waals surface area contributed by atoms with Crippen molar-refractivity contribution in [2.75, 3.05) is 0 Å². The summed E-state index contributed by atoms with van der Waals surface area (Å²) in [5.41, 5.74) is 2.64. The Hall–Kier alpha value is -1.08. The maximum atomic E-state index is 10.5. The molecule has 1 N–H and O–H groups in total. The van der Waals surface area contributed by atoms with Crippen molar-refractivity contribution in [2.24, 2.45) is 0 Å². The van der Waals surface area contributed by atoms with Gasteiger partial charge in [-0.3, -0.25) is 0 Å². The molecule has 0 fully saturated rings. The molecule has 0 heterocycles. The van der Waals surface area contributed by atoms with Crippen LogP contribution in [0.3, 0.4) is 0 Å². The fourth-order valence-electron chi connectivity index (χ4n) is 2.06. The number of benzene rings is 1. The van der Waals surface area contributed by atoms with Crippen molar-refractivity contribution >= 4 is 0 Å². The molecule has 1 aliphatic rings. The van der Waals surface area contributed by atoms with Crippen LogP contribution in [0.15, 0.2) is 35.9 Å². The largest absolute Gasteiger partial charge is 0.381 e. The molecule has 0 amide bonds. The van der Waals surface area contributed by atoms with Gasteiger partial charge in [0.15, 0.2) is 0 Å². The van der Waals surface area contributed by atoms with Crippen molar-refractivity contribution in [2.45, 2.75) is 32.3 Å². The quantitative estimate of drug-likeness (QED) is 0.672. The van der Waals surface area contributed by atoms with Crippen molar-refractivity contribution in [3.8, 4) is 0 Å². The van der Waals surface area contributed by atoms with Gasteiger partial charge in [-0.1, -0.05) is 35.9 Å². The second-order valence-corrected chi connectivity index (χ2v) is 4.15. The molecule has 0 aliphatic heterocycles. The molecular weight excluding hydrogens is 172 g/mol. The molecule has 74 valence electrons. The SMILES string of the molecule is CC1=CCCC1(O)c1ccc(C)cc1. The molecule has 1 atom stereocenters. The monoisotopic (exact) mass is 188 g/mol. The van der Waals surface area contributed by atoms with E-state index in [1.807, 2.05) is 19.1 Å². The molecule has 0 saturated heterocycles. The Bertz CT molecular complexity index is 361. The fraction of sp³-hybridized carbons (Fsp3) is 0.385. The predicted octanol–water partition coefficient (Wildman–Crippen LogP) is 2.92. The fourth-order valence-corrected chi connectivity index (χ4v) is 2.06. The summed E-state index contributed by atoms with van der Waals surface area (Å²) in [6, 6.07) is 8.16. The molecule has 0 spiro atoms.